The summed E-state index contributed by atoms with van der Waals surface area (Å²) in [7, 11) is 0. The van der Waals surface area contributed by atoms with Crippen LogP contribution in [0.3, 0.4) is 0 Å². The number of aliphatic imine (C=N–C) groups is 1. The number of aromatic carboxylic acids is 1. The van der Waals surface area contributed by atoms with Gasteiger partial charge in [-0.3, -0.25) is 0 Å². The van der Waals surface area contributed by atoms with E-state index in [-0.39, 0.29) is 11.4 Å². The van der Waals surface area contributed by atoms with Crippen LogP contribution < -0.4 is 10.6 Å². The lowest BCUT2D eigenvalue weighted by atomic mass is 9.49. The lowest BCUT2D eigenvalue weighted by Crippen LogP contribution is -2.47. The molecule has 0 atom stereocenters. The van der Waals surface area contributed by atoms with E-state index in [4.69, 9.17) is 20.0 Å². The van der Waals surface area contributed by atoms with Crippen LogP contribution in [-0.2, 0) is 11.3 Å². The zero-order valence-corrected chi connectivity index (χ0v) is 21.9. The number of hydrogen-bond donors (Lipinski definition) is 4. The van der Waals surface area contributed by atoms with Gasteiger partial charge in [0, 0.05) is 12.2 Å². The highest BCUT2D eigenvalue weighted by atomic mass is 19.4. The van der Waals surface area contributed by atoms with Crippen LogP contribution in [0.1, 0.15) is 60.9 Å². The molecule has 2 aromatic rings. The second-order valence-corrected chi connectivity index (χ2v) is 11.2. The quantitative estimate of drug-likeness (QED) is 0.178. The Morgan fingerprint density at radius 3 is 1.90 bits per heavy atom. The molecule has 216 valence electrons. The molecule has 4 bridgehead atoms. The van der Waals surface area contributed by atoms with E-state index in [0.717, 1.165) is 42.0 Å². The van der Waals surface area contributed by atoms with E-state index in [1.165, 1.54) is 50.7 Å². The maximum absolute atomic E-state index is 13.2. The summed E-state index contributed by atoms with van der Waals surface area (Å²) in [6, 6.07) is 13.0. The SMILES string of the molecule is O=C(O)C(F)(F)F.O=C(O)c1ccc(NC(=NCc2ccc(F)cc2)NCCC23CC4CC(CC(C4)C2)C3)cc1. The number of nitrogens with zero attached hydrogens (tertiary/aromatic N) is 1. The highest BCUT2D eigenvalue weighted by Crippen LogP contribution is 2.61. The van der Waals surface area contributed by atoms with E-state index in [1.807, 2.05) is 0 Å². The third-order valence-corrected chi connectivity index (χ3v) is 8.08. The number of carboxylic acid groups (broad SMARTS) is 2. The minimum absolute atomic E-state index is 0.250. The van der Waals surface area contributed by atoms with Gasteiger partial charge in [0.25, 0.3) is 0 Å². The van der Waals surface area contributed by atoms with Gasteiger partial charge in [-0.2, -0.15) is 13.2 Å². The third kappa shape index (κ3) is 7.95. The van der Waals surface area contributed by atoms with E-state index in [2.05, 4.69) is 10.6 Å². The topological polar surface area (TPSA) is 111 Å². The molecular formula is C29H33F4N3O4. The molecule has 4 saturated carbocycles. The number of carbonyl (C=O) groups is 2. The van der Waals surface area contributed by atoms with E-state index in [1.54, 1.807) is 36.4 Å². The fourth-order valence-corrected chi connectivity index (χ4v) is 6.77. The molecule has 40 heavy (non-hydrogen) atoms. The van der Waals surface area contributed by atoms with E-state index in [9.17, 15) is 22.4 Å². The fraction of sp³-hybridized carbons (Fsp3) is 0.483. The Morgan fingerprint density at radius 2 is 1.43 bits per heavy atom. The molecule has 0 heterocycles. The Balaban J connectivity index is 0.000000470. The van der Waals surface area contributed by atoms with Gasteiger partial charge in [-0.05, 0) is 110 Å². The molecule has 4 fully saturated rings. The Morgan fingerprint density at radius 1 is 0.900 bits per heavy atom. The smallest absolute Gasteiger partial charge is 0.478 e. The van der Waals surface area contributed by atoms with Gasteiger partial charge in [0.2, 0.25) is 0 Å². The van der Waals surface area contributed by atoms with Crippen molar-refractivity contribution in [3.63, 3.8) is 0 Å². The highest BCUT2D eigenvalue weighted by molar-refractivity contribution is 5.94. The van der Waals surface area contributed by atoms with Crippen LogP contribution in [-0.4, -0.2) is 40.8 Å². The van der Waals surface area contributed by atoms with Crippen molar-refractivity contribution in [1.29, 1.82) is 0 Å². The number of aliphatic carboxylic acids is 1. The van der Waals surface area contributed by atoms with Gasteiger partial charge in [-0.1, -0.05) is 12.1 Å². The molecule has 6 rings (SSSR count). The van der Waals surface area contributed by atoms with E-state index >= 15 is 0 Å². The number of benzene rings is 2. The number of guanidine groups is 1. The van der Waals surface area contributed by atoms with Gasteiger partial charge in [0.1, 0.15) is 5.82 Å². The summed E-state index contributed by atoms with van der Waals surface area (Å²) in [4.78, 5) is 24.8. The largest absolute Gasteiger partial charge is 0.490 e. The molecule has 0 aromatic heterocycles. The summed E-state index contributed by atoms with van der Waals surface area (Å²) < 4.78 is 45.0. The average molecular weight is 564 g/mol. The molecule has 7 nitrogen and oxygen atoms in total. The normalized spacial score (nSPS) is 25.1. The number of carboxylic acids is 2. The van der Waals surface area contributed by atoms with Crippen LogP contribution in [0.25, 0.3) is 0 Å². The molecule has 0 saturated heterocycles. The minimum Gasteiger partial charge on any atom is -0.478 e. The van der Waals surface area contributed by atoms with E-state index < -0.39 is 18.1 Å². The predicted octanol–water partition coefficient (Wildman–Crippen LogP) is 6.32. The lowest BCUT2D eigenvalue weighted by Gasteiger charge is -2.57. The molecule has 11 heteroatoms. The van der Waals surface area contributed by atoms with Crippen LogP contribution in [0.4, 0.5) is 23.2 Å². The van der Waals surface area contributed by atoms with Crippen molar-refractivity contribution in [2.45, 2.75) is 57.7 Å². The average Bonchev–Trinajstić information content (AvgIpc) is 2.87. The molecular weight excluding hydrogens is 530 g/mol. The van der Waals surface area contributed by atoms with Gasteiger partial charge in [0.15, 0.2) is 5.96 Å². The Labute approximate surface area is 229 Å². The van der Waals surface area contributed by atoms with Crippen molar-refractivity contribution in [1.82, 2.24) is 5.32 Å². The summed E-state index contributed by atoms with van der Waals surface area (Å²) in [6.45, 7) is 1.29. The monoisotopic (exact) mass is 563 g/mol. The van der Waals surface area contributed by atoms with Crippen molar-refractivity contribution >= 4 is 23.6 Å². The van der Waals surface area contributed by atoms with Gasteiger partial charge >= 0.3 is 18.1 Å². The van der Waals surface area contributed by atoms with Gasteiger partial charge in [-0.25, -0.2) is 19.0 Å². The number of nitrogens with one attached hydrogen (secondary N) is 2. The first-order valence-corrected chi connectivity index (χ1v) is 13.3. The van der Waals surface area contributed by atoms with Crippen LogP contribution >= 0.6 is 0 Å². The van der Waals surface area contributed by atoms with Crippen LogP contribution in [0.15, 0.2) is 53.5 Å². The number of halogens is 4. The highest BCUT2D eigenvalue weighted by Gasteiger charge is 2.50. The number of alkyl halides is 3. The second kappa shape index (κ2) is 12.3. The zero-order valence-electron chi connectivity index (χ0n) is 21.9. The van der Waals surface area contributed by atoms with Gasteiger partial charge in [-0.15, -0.1) is 0 Å². The number of hydrogen-bond acceptors (Lipinski definition) is 3. The summed E-state index contributed by atoms with van der Waals surface area (Å²) in [6.07, 6.45) is 4.57. The van der Waals surface area contributed by atoms with Crippen LogP contribution in [0, 0.1) is 29.0 Å². The van der Waals surface area contributed by atoms with Gasteiger partial charge < -0.3 is 20.8 Å². The maximum atomic E-state index is 13.2. The first-order valence-electron chi connectivity index (χ1n) is 13.3. The standard InChI is InChI=1S/C27H32FN3O2.C2HF3O2/c28-23-5-1-18(2-6-23)17-30-26(31-24-7-3-22(4-8-24)25(32)33)29-10-9-27-14-19-11-20(15-27)13-21(12-19)16-27;3-2(4,5)1(6)7/h1-8,19-21H,9-17H2,(H,32,33)(H2,29,30,31);(H,6,7). The summed E-state index contributed by atoms with van der Waals surface area (Å²) in [5.74, 6) is -0.482. The molecule has 4 N–H and O–H groups in total. The number of rotatable bonds is 7. The van der Waals surface area contributed by atoms with Crippen molar-refractivity contribution in [2.24, 2.45) is 28.2 Å². The first-order chi connectivity index (χ1) is 18.9. The molecule has 4 aliphatic rings. The predicted molar refractivity (Wildman–Crippen MR) is 141 cm³/mol. The Kier molecular flexibility index (Phi) is 9.00. The second-order valence-electron chi connectivity index (χ2n) is 11.2. The first kappa shape index (κ1) is 29.4. The van der Waals surface area contributed by atoms with E-state index in [0.29, 0.717) is 17.9 Å². The molecule has 0 amide bonds. The maximum Gasteiger partial charge on any atom is 0.490 e. The molecule has 0 aliphatic heterocycles. The lowest BCUT2D eigenvalue weighted by molar-refractivity contribution is -0.192. The van der Waals surface area contributed by atoms with Crippen molar-refractivity contribution in [3.05, 3.63) is 65.5 Å². The van der Waals surface area contributed by atoms with Crippen LogP contribution in [0.2, 0.25) is 0 Å². The van der Waals surface area contributed by atoms with Gasteiger partial charge in [0.05, 0.1) is 12.1 Å². The zero-order chi connectivity index (χ0) is 28.9. The van der Waals surface area contributed by atoms with Crippen molar-refractivity contribution < 1.29 is 37.4 Å². The summed E-state index contributed by atoms with van der Waals surface area (Å²) in [5.41, 5.74) is 2.45. The minimum atomic E-state index is -5.08. The summed E-state index contributed by atoms with van der Waals surface area (Å²) in [5, 5.41) is 23.1. The van der Waals surface area contributed by atoms with Crippen molar-refractivity contribution in [2.75, 3.05) is 11.9 Å². The molecule has 0 radical (unpaired) electrons. The van der Waals surface area contributed by atoms with Crippen molar-refractivity contribution in [3.8, 4) is 0 Å². The number of anilines is 1. The third-order valence-electron chi connectivity index (χ3n) is 8.08. The molecule has 0 unspecified atom stereocenters. The summed E-state index contributed by atoms with van der Waals surface area (Å²) >= 11 is 0. The Bertz CT molecular complexity index is 1180. The molecule has 4 aliphatic carbocycles. The molecule has 0 spiro atoms. The van der Waals surface area contributed by atoms with Crippen LogP contribution in [0.5, 0.6) is 0 Å². The fourth-order valence-electron chi connectivity index (χ4n) is 6.77. The molecule has 2 aromatic carbocycles. The Hall–Kier alpha value is -3.63.